The molecule has 6 nitrogen and oxygen atoms in total. The third kappa shape index (κ3) is 4.98. The number of aryl methyl sites for hydroxylation is 1. The van der Waals surface area contributed by atoms with Crippen LogP contribution in [0.2, 0.25) is 0 Å². The number of carboxylic acid groups (broad SMARTS) is 1. The van der Waals surface area contributed by atoms with E-state index in [-0.39, 0.29) is 12.5 Å². The SMILES string of the molecule is COc1cc(C)ccc1OCC(=O)NC(C(=O)O)C(C)C. The van der Waals surface area contributed by atoms with Gasteiger partial charge in [0, 0.05) is 0 Å². The molecule has 0 saturated heterocycles. The lowest BCUT2D eigenvalue weighted by Crippen LogP contribution is -2.46. The summed E-state index contributed by atoms with van der Waals surface area (Å²) in [5, 5.41) is 11.4. The van der Waals surface area contributed by atoms with E-state index in [1.807, 2.05) is 13.0 Å². The summed E-state index contributed by atoms with van der Waals surface area (Å²) in [5.74, 6) is -0.790. The first-order valence-corrected chi connectivity index (χ1v) is 6.64. The lowest BCUT2D eigenvalue weighted by Gasteiger charge is -2.18. The maximum Gasteiger partial charge on any atom is 0.326 e. The number of carboxylic acids is 1. The predicted octanol–water partition coefficient (Wildman–Crippen LogP) is 1.61. The van der Waals surface area contributed by atoms with Gasteiger partial charge in [0.1, 0.15) is 6.04 Å². The molecule has 0 heterocycles. The standard InChI is InChI=1S/C15H21NO5/c1-9(2)14(15(18)19)16-13(17)8-21-11-6-5-10(3)7-12(11)20-4/h5-7,9,14H,8H2,1-4H3,(H,16,17)(H,18,19). The summed E-state index contributed by atoms with van der Waals surface area (Å²) in [4.78, 5) is 22.8. The molecular formula is C15H21NO5. The number of amides is 1. The van der Waals surface area contributed by atoms with Crippen molar-refractivity contribution in [3.05, 3.63) is 23.8 Å². The molecule has 1 aromatic rings. The molecule has 0 aliphatic heterocycles. The molecule has 1 aromatic carbocycles. The van der Waals surface area contributed by atoms with Crippen molar-refractivity contribution in [3.8, 4) is 11.5 Å². The topological polar surface area (TPSA) is 84.9 Å². The first kappa shape index (κ1) is 16.8. The molecule has 21 heavy (non-hydrogen) atoms. The second-order valence-corrected chi connectivity index (χ2v) is 5.07. The Morgan fingerprint density at radius 1 is 1.29 bits per heavy atom. The molecule has 1 amide bonds. The number of rotatable bonds is 7. The Morgan fingerprint density at radius 3 is 2.48 bits per heavy atom. The summed E-state index contributed by atoms with van der Waals surface area (Å²) in [6.45, 7) is 5.10. The molecule has 0 aliphatic rings. The molecule has 0 bridgehead atoms. The van der Waals surface area contributed by atoms with Gasteiger partial charge in [0.25, 0.3) is 5.91 Å². The van der Waals surface area contributed by atoms with Crippen LogP contribution in [0.25, 0.3) is 0 Å². The van der Waals surface area contributed by atoms with Crippen molar-refractivity contribution in [3.63, 3.8) is 0 Å². The van der Waals surface area contributed by atoms with E-state index in [4.69, 9.17) is 14.6 Å². The van der Waals surface area contributed by atoms with Gasteiger partial charge in [-0.05, 0) is 30.5 Å². The summed E-state index contributed by atoms with van der Waals surface area (Å²) in [7, 11) is 1.51. The number of ether oxygens (including phenoxy) is 2. The van der Waals surface area contributed by atoms with Crippen LogP contribution in [0.5, 0.6) is 11.5 Å². The number of methoxy groups -OCH3 is 1. The van der Waals surface area contributed by atoms with E-state index in [9.17, 15) is 9.59 Å². The van der Waals surface area contributed by atoms with Gasteiger partial charge in [-0.3, -0.25) is 4.79 Å². The summed E-state index contributed by atoms with van der Waals surface area (Å²) in [6, 6.07) is 4.41. The maximum atomic E-state index is 11.8. The lowest BCUT2D eigenvalue weighted by atomic mass is 10.1. The Bertz CT molecular complexity index is 513. The van der Waals surface area contributed by atoms with Gasteiger partial charge in [0.15, 0.2) is 18.1 Å². The average Bonchev–Trinajstić information content (AvgIpc) is 2.42. The number of carbonyl (C=O) groups excluding carboxylic acids is 1. The first-order valence-electron chi connectivity index (χ1n) is 6.64. The third-order valence-corrected chi connectivity index (χ3v) is 2.93. The number of hydrogen-bond acceptors (Lipinski definition) is 4. The highest BCUT2D eigenvalue weighted by atomic mass is 16.5. The molecule has 0 aliphatic carbocycles. The van der Waals surface area contributed by atoms with E-state index in [1.54, 1.807) is 26.0 Å². The first-order chi connectivity index (χ1) is 9.85. The minimum Gasteiger partial charge on any atom is -0.493 e. The Labute approximate surface area is 124 Å². The van der Waals surface area contributed by atoms with Gasteiger partial charge >= 0.3 is 5.97 Å². The molecule has 6 heteroatoms. The fourth-order valence-corrected chi connectivity index (χ4v) is 1.77. The van der Waals surface area contributed by atoms with Crippen molar-refractivity contribution in [1.29, 1.82) is 0 Å². The Hall–Kier alpha value is -2.24. The Morgan fingerprint density at radius 2 is 1.95 bits per heavy atom. The Balaban J connectivity index is 2.63. The number of nitrogens with one attached hydrogen (secondary N) is 1. The van der Waals surface area contributed by atoms with Crippen molar-refractivity contribution >= 4 is 11.9 Å². The summed E-state index contributed by atoms with van der Waals surface area (Å²) in [6.07, 6.45) is 0. The zero-order chi connectivity index (χ0) is 16.0. The number of hydrogen-bond donors (Lipinski definition) is 2. The summed E-state index contributed by atoms with van der Waals surface area (Å²) in [5.41, 5.74) is 1.01. The molecule has 0 spiro atoms. The van der Waals surface area contributed by atoms with E-state index in [0.29, 0.717) is 11.5 Å². The molecule has 116 valence electrons. The van der Waals surface area contributed by atoms with Crippen LogP contribution in [0.1, 0.15) is 19.4 Å². The smallest absolute Gasteiger partial charge is 0.326 e. The second-order valence-electron chi connectivity index (χ2n) is 5.07. The zero-order valence-electron chi connectivity index (χ0n) is 12.7. The quantitative estimate of drug-likeness (QED) is 0.798. The molecule has 0 fully saturated rings. The van der Waals surface area contributed by atoms with Crippen molar-refractivity contribution in [1.82, 2.24) is 5.32 Å². The van der Waals surface area contributed by atoms with E-state index in [2.05, 4.69) is 5.32 Å². The van der Waals surface area contributed by atoms with Crippen LogP contribution in [-0.4, -0.2) is 36.7 Å². The van der Waals surface area contributed by atoms with Crippen molar-refractivity contribution in [2.75, 3.05) is 13.7 Å². The highest BCUT2D eigenvalue weighted by molar-refractivity contribution is 5.84. The molecule has 0 aromatic heterocycles. The van der Waals surface area contributed by atoms with Crippen LogP contribution < -0.4 is 14.8 Å². The molecular weight excluding hydrogens is 274 g/mol. The molecule has 0 radical (unpaired) electrons. The van der Waals surface area contributed by atoms with Crippen LogP contribution in [0, 0.1) is 12.8 Å². The Kier molecular flexibility index (Phi) is 6.02. The molecule has 2 N–H and O–H groups in total. The van der Waals surface area contributed by atoms with Gasteiger partial charge < -0.3 is 19.9 Å². The summed E-state index contributed by atoms with van der Waals surface area (Å²) >= 11 is 0. The fraction of sp³-hybridized carbons (Fsp3) is 0.467. The van der Waals surface area contributed by atoms with E-state index < -0.39 is 17.9 Å². The van der Waals surface area contributed by atoms with Gasteiger partial charge in [-0.2, -0.15) is 0 Å². The van der Waals surface area contributed by atoms with Gasteiger partial charge in [-0.25, -0.2) is 4.79 Å². The van der Waals surface area contributed by atoms with Gasteiger partial charge in [0.2, 0.25) is 0 Å². The predicted molar refractivity (Wildman–Crippen MR) is 77.6 cm³/mol. The zero-order valence-corrected chi connectivity index (χ0v) is 12.7. The second kappa shape index (κ2) is 7.52. The van der Waals surface area contributed by atoms with Crippen LogP contribution in [0.4, 0.5) is 0 Å². The minimum absolute atomic E-state index is 0.208. The molecule has 1 atom stereocenters. The van der Waals surface area contributed by atoms with E-state index in [0.717, 1.165) is 5.56 Å². The van der Waals surface area contributed by atoms with Gasteiger partial charge in [-0.15, -0.1) is 0 Å². The highest BCUT2D eigenvalue weighted by Crippen LogP contribution is 2.27. The fourth-order valence-electron chi connectivity index (χ4n) is 1.77. The highest BCUT2D eigenvalue weighted by Gasteiger charge is 2.23. The van der Waals surface area contributed by atoms with E-state index >= 15 is 0 Å². The van der Waals surface area contributed by atoms with Crippen molar-refractivity contribution < 1.29 is 24.2 Å². The lowest BCUT2D eigenvalue weighted by molar-refractivity contribution is -0.143. The third-order valence-electron chi connectivity index (χ3n) is 2.93. The number of benzene rings is 1. The van der Waals surface area contributed by atoms with Crippen LogP contribution in [0.15, 0.2) is 18.2 Å². The van der Waals surface area contributed by atoms with Gasteiger partial charge in [-0.1, -0.05) is 19.9 Å². The maximum absolute atomic E-state index is 11.8. The van der Waals surface area contributed by atoms with E-state index in [1.165, 1.54) is 7.11 Å². The minimum atomic E-state index is -1.06. The van der Waals surface area contributed by atoms with Crippen molar-refractivity contribution in [2.45, 2.75) is 26.8 Å². The monoisotopic (exact) mass is 295 g/mol. The largest absolute Gasteiger partial charge is 0.493 e. The molecule has 0 saturated carbocycles. The number of aliphatic carboxylic acids is 1. The van der Waals surface area contributed by atoms with Crippen molar-refractivity contribution in [2.24, 2.45) is 5.92 Å². The normalized spacial score (nSPS) is 11.9. The van der Waals surface area contributed by atoms with Crippen LogP contribution in [-0.2, 0) is 9.59 Å². The van der Waals surface area contributed by atoms with Gasteiger partial charge in [0.05, 0.1) is 7.11 Å². The molecule has 1 rings (SSSR count). The summed E-state index contributed by atoms with van der Waals surface area (Å²) < 4.78 is 10.5. The number of carbonyl (C=O) groups is 2. The molecule has 1 unspecified atom stereocenters. The van der Waals surface area contributed by atoms with Crippen LogP contribution in [0.3, 0.4) is 0 Å². The average molecular weight is 295 g/mol. The van der Waals surface area contributed by atoms with Crippen LogP contribution >= 0.6 is 0 Å².